The van der Waals surface area contributed by atoms with Crippen LogP contribution in [0.3, 0.4) is 0 Å². The molecule has 1 amide bonds. The van der Waals surface area contributed by atoms with E-state index in [2.05, 4.69) is 15.5 Å². The molecule has 0 saturated carbocycles. The number of para-hydroxylation sites is 3. The lowest BCUT2D eigenvalue weighted by Crippen LogP contribution is -2.32. The summed E-state index contributed by atoms with van der Waals surface area (Å²) in [6.45, 7) is 5.13. The Bertz CT molecular complexity index is 902. The SMILES string of the molecule is CCOc1ccccc1Nc1nnc(SCC(=O)N(CC)c2ccccc2)s1. The second kappa shape index (κ2) is 10.1. The van der Waals surface area contributed by atoms with Gasteiger partial charge in [0.05, 0.1) is 18.0 Å². The quantitative estimate of drug-likeness (QED) is 0.506. The van der Waals surface area contributed by atoms with Gasteiger partial charge in [0, 0.05) is 12.2 Å². The van der Waals surface area contributed by atoms with E-state index >= 15 is 0 Å². The van der Waals surface area contributed by atoms with E-state index < -0.39 is 0 Å². The summed E-state index contributed by atoms with van der Waals surface area (Å²) < 4.78 is 6.36. The van der Waals surface area contributed by atoms with Crippen LogP contribution in [0.2, 0.25) is 0 Å². The molecule has 6 nitrogen and oxygen atoms in total. The van der Waals surface area contributed by atoms with E-state index in [0.717, 1.165) is 21.5 Å². The number of hydrogen-bond donors (Lipinski definition) is 1. The maximum absolute atomic E-state index is 12.6. The predicted molar refractivity (Wildman–Crippen MR) is 116 cm³/mol. The van der Waals surface area contributed by atoms with Gasteiger partial charge in [0.15, 0.2) is 4.34 Å². The molecular weight excluding hydrogens is 392 g/mol. The minimum atomic E-state index is 0.0464. The Morgan fingerprint density at radius 3 is 2.61 bits per heavy atom. The van der Waals surface area contributed by atoms with Crippen molar-refractivity contribution in [2.75, 3.05) is 29.1 Å². The van der Waals surface area contributed by atoms with Crippen molar-refractivity contribution >= 4 is 45.5 Å². The number of thioether (sulfide) groups is 1. The van der Waals surface area contributed by atoms with E-state index in [1.807, 2.05) is 68.4 Å². The number of carbonyl (C=O) groups is 1. The molecule has 0 radical (unpaired) electrons. The van der Waals surface area contributed by atoms with Crippen LogP contribution in [0.1, 0.15) is 13.8 Å². The average molecular weight is 415 g/mol. The number of amides is 1. The number of hydrogen-bond acceptors (Lipinski definition) is 7. The molecule has 0 unspecified atom stereocenters. The van der Waals surface area contributed by atoms with E-state index in [0.29, 0.717) is 24.0 Å². The molecule has 0 aliphatic carbocycles. The number of nitrogens with one attached hydrogen (secondary N) is 1. The fraction of sp³-hybridized carbons (Fsp3) is 0.250. The summed E-state index contributed by atoms with van der Waals surface area (Å²) in [4.78, 5) is 14.4. The highest BCUT2D eigenvalue weighted by atomic mass is 32.2. The zero-order valence-corrected chi connectivity index (χ0v) is 17.4. The Hall–Kier alpha value is -2.58. The molecule has 0 aliphatic heterocycles. The van der Waals surface area contributed by atoms with Gasteiger partial charge in [-0.3, -0.25) is 4.79 Å². The molecule has 0 bridgehead atoms. The lowest BCUT2D eigenvalue weighted by atomic mass is 10.3. The molecule has 1 aromatic heterocycles. The minimum Gasteiger partial charge on any atom is -0.492 e. The largest absolute Gasteiger partial charge is 0.492 e. The third-order valence-electron chi connectivity index (χ3n) is 3.84. The van der Waals surface area contributed by atoms with Crippen LogP contribution in [0.25, 0.3) is 0 Å². The molecular formula is C20H22N4O2S2. The second-order valence-electron chi connectivity index (χ2n) is 5.69. The lowest BCUT2D eigenvalue weighted by Gasteiger charge is -2.20. The van der Waals surface area contributed by atoms with Crippen molar-refractivity contribution < 1.29 is 9.53 Å². The van der Waals surface area contributed by atoms with Gasteiger partial charge in [0.1, 0.15) is 5.75 Å². The van der Waals surface area contributed by atoms with Gasteiger partial charge < -0.3 is 15.0 Å². The van der Waals surface area contributed by atoms with E-state index in [4.69, 9.17) is 4.74 Å². The summed E-state index contributed by atoms with van der Waals surface area (Å²) in [5.74, 6) is 1.13. The second-order valence-corrected chi connectivity index (χ2v) is 7.89. The molecule has 28 heavy (non-hydrogen) atoms. The minimum absolute atomic E-state index is 0.0464. The smallest absolute Gasteiger partial charge is 0.237 e. The Morgan fingerprint density at radius 2 is 1.86 bits per heavy atom. The molecule has 0 atom stereocenters. The van der Waals surface area contributed by atoms with Gasteiger partial charge in [-0.05, 0) is 38.1 Å². The number of carbonyl (C=O) groups excluding carboxylic acids is 1. The van der Waals surface area contributed by atoms with Crippen LogP contribution in [0.4, 0.5) is 16.5 Å². The van der Waals surface area contributed by atoms with E-state index in [1.165, 1.54) is 23.1 Å². The van der Waals surface area contributed by atoms with E-state index in [1.54, 1.807) is 4.90 Å². The highest BCUT2D eigenvalue weighted by Gasteiger charge is 2.15. The molecule has 3 rings (SSSR count). The van der Waals surface area contributed by atoms with Crippen molar-refractivity contribution in [1.82, 2.24) is 10.2 Å². The third kappa shape index (κ3) is 5.24. The fourth-order valence-corrected chi connectivity index (χ4v) is 4.24. The van der Waals surface area contributed by atoms with Gasteiger partial charge in [-0.2, -0.15) is 0 Å². The molecule has 1 heterocycles. The number of aromatic nitrogens is 2. The standard InChI is InChI=1S/C20H22N4O2S2/c1-3-24(15-10-6-5-7-11-15)18(25)14-27-20-23-22-19(28-20)21-16-12-8-9-13-17(16)26-4-2/h5-13H,3-4,14H2,1-2H3,(H,21,22). The Morgan fingerprint density at radius 1 is 1.11 bits per heavy atom. The zero-order valence-electron chi connectivity index (χ0n) is 15.8. The molecule has 0 saturated heterocycles. The number of benzene rings is 2. The molecule has 146 valence electrons. The van der Waals surface area contributed by atoms with Gasteiger partial charge >= 0.3 is 0 Å². The molecule has 3 aromatic rings. The summed E-state index contributed by atoms with van der Waals surface area (Å²) in [6, 6.07) is 17.4. The number of ether oxygens (including phenoxy) is 1. The van der Waals surface area contributed by atoms with Crippen molar-refractivity contribution in [1.29, 1.82) is 0 Å². The Kier molecular flexibility index (Phi) is 7.27. The van der Waals surface area contributed by atoms with Gasteiger partial charge in [0.25, 0.3) is 0 Å². The first-order valence-corrected chi connectivity index (χ1v) is 10.8. The number of anilines is 3. The van der Waals surface area contributed by atoms with Crippen LogP contribution in [-0.4, -0.2) is 35.0 Å². The van der Waals surface area contributed by atoms with Crippen LogP contribution in [0.15, 0.2) is 58.9 Å². The van der Waals surface area contributed by atoms with Crippen LogP contribution in [-0.2, 0) is 4.79 Å². The Labute approximate surface area is 172 Å². The Balaban J connectivity index is 1.60. The van der Waals surface area contributed by atoms with Gasteiger partial charge in [-0.1, -0.05) is 53.4 Å². The molecule has 0 aliphatic rings. The highest BCUT2D eigenvalue weighted by molar-refractivity contribution is 8.01. The fourth-order valence-electron chi connectivity index (χ4n) is 2.60. The maximum atomic E-state index is 12.6. The summed E-state index contributed by atoms with van der Waals surface area (Å²) in [6.07, 6.45) is 0. The lowest BCUT2D eigenvalue weighted by molar-refractivity contribution is -0.116. The number of nitrogens with zero attached hydrogens (tertiary/aromatic N) is 3. The van der Waals surface area contributed by atoms with Crippen molar-refractivity contribution in [2.24, 2.45) is 0 Å². The summed E-state index contributed by atoms with van der Waals surface area (Å²) >= 11 is 2.81. The molecule has 8 heteroatoms. The van der Waals surface area contributed by atoms with E-state index in [-0.39, 0.29) is 5.91 Å². The monoisotopic (exact) mass is 414 g/mol. The van der Waals surface area contributed by atoms with Gasteiger partial charge in [0.2, 0.25) is 11.0 Å². The average Bonchev–Trinajstić information content (AvgIpc) is 3.17. The van der Waals surface area contributed by atoms with Crippen LogP contribution < -0.4 is 15.0 Å². The first-order valence-electron chi connectivity index (χ1n) is 9.01. The van der Waals surface area contributed by atoms with Gasteiger partial charge in [-0.25, -0.2) is 0 Å². The highest BCUT2D eigenvalue weighted by Crippen LogP contribution is 2.31. The maximum Gasteiger partial charge on any atom is 0.237 e. The normalized spacial score (nSPS) is 10.5. The predicted octanol–water partition coefficient (Wildman–Crippen LogP) is 4.83. The van der Waals surface area contributed by atoms with Crippen LogP contribution >= 0.6 is 23.1 Å². The molecule has 0 spiro atoms. The topological polar surface area (TPSA) is 67.3 Å². The summed E-state index contributed by atoms with van der Waals surface area (Å²) in [5, 5.41) is 12.2. The summed E-state index contributed by atoms with van der Waals surface area (Å²) in [7, 11) is 0. The van der Waals surface area contributed by atoms with Crippen molar-refractivity contribution in [3.63, 3.8) is 0 Å². The third-order valence-corrected chi connectivity index (χ3v) is 5.80. The molecule has 1 N–H and O–H groups in total. The van der Waals surface area contributed by atoms with Crippen LogP contribution in [0.5, 0.6) is 5.75 Å². The first-order chi connectivity index (χ1) is 13.7. The zero-order chi connectivity index (χ0) is 19.8. The van der Waals surface area contributed by atoms with Crippen molar-refractivity contribution in [3.05, 3.63) is 54.6 Å². The van der Waals surface area contributed by atoms with Crippen molar-refractivity contribution in [2.45, 2.75) is 18.2 Å². The van der Waals surface area contributed by atoms with Crippen molar-refractivity contribution in [3.8, 4) is 5.75 Å². The van der Waals surface area contributed by atoms with Gasteiger partial charge in [-0.15, -0.1) is 10.2 Å². The van der Waals surface area contributed by atoms with E-state index in [9.17, 15) is 4.79 Å². The first kappa shape index (κ1) is 20.2. The molecule has 0 fully saturated rings. The summed E-state index contributed by atoms with van der Waals surface area (Å²) in [5.41, 5.74) is 1.75. The molecule has 2 aromatic carbocycles. The van der Waals surface area contributed by atoms with Crippen LogP contribution in [0, 0.1) is 0 Å². The number of rotatable bonds is 9.